The Labute approximate surface area is 341 Å². The van der Waals surface area contributed by atoms with Gasteiger partial charge in [0.1, 0.15) is 6.61 Å². The van der Waals surface area contributed by atoms with Crippen molar-refractivity contribution >= 4 is 17.8 Å². The zero-order chi connectivity index (χ0) is 41.0. The molecular formula is C41H61NO16. The molecule has 0 saturated heterocycles. The van der Waals surface area contributed by atoms with Gasteiger partial charge in [0.05, 0.1) is 182 Å². The lowest BCUT2D eigenvalue weighted by Gasteiger charge is -2.13. The molecule has 0 atom stereocenters. The zero-order valence-electron chi connectivity index (χ0n) is 33.6. The minimum absolute atomic E-state index is 0.193. The van der Waals surface area contributed by atoms with Gasteiger partial charge in [0.15, 0.2) is 0 Å². The molecule has 3 rings (SSSR count). The van der Waals surface area contributed by atoms with Crippen LogP contribution >= 0.6 is 0 Å². The molecule has 0 radical (unpaired) electrons. The van der Waals surface area contributed by atoms with Crippen LogP contribution in [0, 0.1) is 0 Å². The first-order chi connectivity index (χ1) is 28.7. The molecule has 1 aliphatic heterocycles. The van der Waals surface area contributed by atoms with Gasteiger partial charge in [0.2, 0.25) is 0 Å². The number of rotatable bonds is 40. The quantitative estimate of drug-likeness (QED) is 0.0544. The van der Waals surface area contributed by atoms with Crippen LogP contribution in [-0.4, -0.2) is 194 Å². The van der Waals surface area contributed by atoms with E-state index >= 15 is 0 Å². The van der Waals surface area contributed by atoms with E-state index in [0.717, 1.165) is 0 Å². The number of amides is 2. The molecule has 2 aromatic carbocycles. The van der Waals surface area contributed by atoms with Crippen LogP contribution in [0.3, 0.4) is 0 Å². The molecule has 0 aromatic heterocycles. The third-order valence-electron chi connectivity index (χ3n) is 7.90. The number of benzene rings is 2. The van der Waals surface area contributed by atoms with Crippen LogP contribution in [0.4, 0.5) is 0 Å². The lowest BCUT2D eigenvalue weighted by atomic mass is 10.1. The van der Waals surface area contributed by atoms with Crippen molar-refractivity contribution in [1.29, 1.82) is 0 Å². The van der Waals surface area contributed by atoms with Gasteiger partial charge >= 0.3 is 5.97 Å². The van der Waals surface area contributed by atoms with Gasteiger partial charge in [-0.05, 0) is 24.3 Å². The van der Waals surface area contributed by atoms with Crippen LogP contribution in [-0.2, 0) is 61.6 Å². The Morgan fingerprint density at radius 2 is 0.603 bits per heavy atom. The fraction of sp³-hybridized carbons (Fsp3) is 0.634. The van der Waals surface area contributed by atoms with E-state index in [1.807, 2.05) is 6.07 Å². The first-order valence-electron chi connectivity index (χ1n) is 19.8. The summed E-state index contributed by atoms with van der Waals surface area (Å²) in [6.45, 7) is 10.9. The molecule has 17 heteroatoms. The van der Waals surface area contributed by atoms with Crippen molar-refractivity contribution in [3.8, 4) is 0 Å². The Bertz CT molecular complexity index is 1300. The van der Waals surface area contributed by atoms with Gasteiger partial charge in [0, 0.05) is 0 Å². The number of carbonyl (C=O) groups excluding carboxylic acids is 3. The smallest absolute Gasteiger partial charge is 0.338 e. The molecule has 17 nitrogen and oxygen atoms in total. The summed E-state index contributed by atoms with van der Waals surface area (Å²) in [5, 5.41) is 0. The second kappa shape index (κ2) is 34.4. The number of imide groups is 1. The average Bonchev–Trinajstić information content (AvgIpc) is 3.49. The van der Waals surface area contributed by atoms with Gasteiger partial charge in [-0.1, -0.05) is 30.3 Å². The second-order valence-electron chi connectivity index (χ2n) is 12.2. The maximum absolute atomic E-state index is 12.3. The predicted molar refractivity (Wildman–Crippen MR) is 208 cm³/mol. The standard InChI is InChI=1S/C41H61NO16/c43-39-37-8-4-5-9-38(37)40(44)42(39)10-11-46-12-13-47-14-15-48-16-17-49-18-19-50-20-21-51-22-23-52-24-25-53-26-27-54-28-29-55-30-31-56-32-33-57-34-35-58-41(45)36-6-2-1-3-7-36/h1-9H,10-35H2. The maximum Gasteiger partial charge on any atom is 0.338 e. The summed E-state index contributed by atoms with van der Waals surface area (Å²) in [4.78, 5) is 37.7. The molecule has 58 heavy (non-hydrogen) atoms. The van der Waals surface area contributed by atoms with Crippen molar-refractivity contribution in [3.05, 3.63) is 71.3 Å². The van der Waals surface area contributed by atoms with Gasteiger partial charge in [-0.2, -0.15) is 0 Å². The topological polar surface area (TPSA) is 174 Å². The molecule has 1 heterocycles. The molecule has 1 aliphatic rings. The highest BCUT2D eigenvalue weighted by molar-refractivity contribution is 6.21. The van der Waals surface area contributed by atoms with Gasteiger partial charge in [-0.3, -0.25) is 14.5 Å². The van der Waals surface area contributed by atoms with Crippen LogP contribution in [0.2, 0.25) is 0 Å². The fourth-order valence-electron chi connectivity index (χ4n) is 4.97. The zero-order valence-corrected chi connectivity index (χ0v) is 33.6. The Morgan fingerprint density at radius 1 is 0.345 bits per heavy atom. The van der Waals surface area contributed by atoms with E-state index in [1.54, 1.807) is 48.5 Å². The van der Waals surface area contributed by atoms with Crippen molar-refractivity contribution in [1.82, 2.24) is 4.90 Å². The van der Waals surface area contributed by atoms with Crippen molar-refractivity contribution in [2.24, 2.45) is 0 Å². The number of esters is 1. The number of ether oxygens (including phenoxy) is 13. The molecule has 0 saturated carbocycles. The van der Waals surface area contributed by atoms with Crippen molar-refractivity contribution in [2.75, 3.05) is 172 Å². The molecule has 2 amide bonds. The van der Waals surface area contributed by atoms with Gasteiger partial charge in [-0.15, -0.1) is 0 Å². The van der Waals surface area contributed by atoms with E-state index in [2.05, 4.69) is 0 Å². The highest BCUT2D eigenvalue weighted by Gasteiger charge is 2.34. The van der Waals surface area contributed by atoms with Crippen LogP contribution < -0.4 is 0 Å². The number of nitrogens with zero attached hydrogens (tertiary/aromatic N) is 1. The van der Waals surface area contributed by atoms with Gasteiger partial charge < -0.3 is 61.6 Å². The van der Waals surface area contributed by atoms with E-state index in [1.165, 1.54) is 4.90 Å². The summed E-state index contributed by atoms with van der Waals surface area (Å²) in [6, 6.07) is 15.6. The first-order valence-corrected chi connectivity index (χ1v) is 19.8. The van der Waals surface area contributed by atoms with E-state index in [-0.39, 0.29) is 37.5 Å². The van der Waals surface area contributed by atoms with Crippen molar-refractivity contribution < 1.29 is 76.0 Å². The summed E-state index contributed by atoms with van der Waals surface area (Å²) in [5.74, 6) is -0.928. The van der Waals surface area contributed by atoms with Gasteiger partial charge in [-0.25, -0.2) is 4.79 Å². The van der Waals surface area contributed by atoms with Crippen LogP contribution in [0.5, 0.6) is 0 Å². The van der Waals surface area contributed by atoms with E-state index in [9.17, 15) is 14.4 Å². The van der Waals surface area contributed by atoms with Crippen molar-refractivity contribution in [2.45, 2.75) is 0 Å². The Morgan fingerprint density at radius 3 is 0.914 bits per heavy atom. The highest BCUT2D eigenvalue weighted by Crippen LogP contribution is 2.21. The lowest BCUT2D eigenvalue weighted by molar-refractivity contribution is -0.0288. The summed E-state index contributed by atoms with van der Waals surface area (Å²) in [5.41, 5.74) is 1.39. The second-order valence-corrected chi connectivity index (χ2v) is 12.2. The van der Waals surface area contributed by atoms with Crippen molar-refractivity contribution in [3.63, 3.8) is 0 Å². The molecular weight excluding hydrogens is 762 g/mol. The van der Waals surface area contributed by atoms with E-state index < -0.39 is 0 Å². The molecule has 326 valence electrons. The minimum atomic E-state index is -0.363. The van der Waals surface area contributed by atoms with Gasteiger partial charge in [0.25, 0.3) is 11.8 Å². The third-order valence-corrected chi connectivity index (χ3v) is 7.90. The SMILES string of the molecule is O=C(OCCOCCOCCOCCOCCOCCOCCOCCOCCOCCOCCOCCOCCN1C(=O)c2ccccc2C1=O)c1ccccc1. The van der Waals surface area contributed by atoms with E-state index in [4.69, 9.17) is 61.6 Å². The maximum atomic E-state index is 12.3. The Balaban J connectivity index is 0.896. The summed E-state index contributed by atoms with van der Waals surface area (Å²) < 4.78 is 70.8. The summed E-state index contributed by atoms with van der Waals surface area (Å²) >= 11 is 0. The fourth-order valence-corrected chi connectivity index (χ4v) is 4.97. The minimum Gasteiger partial charge on any atom is -0.460 e. The number of hydrogen-bond acceptors (Lipinski definition) is 16. The average molecular weight is 824 g/mol. The molecule has 0 unspecified atom stereocenters. The van der Waals surface area contributed by atoms with E-state index in [0.29, 0.717) is 169 Å². The molecule has 0 bridgehead atoms. The summed E-state index contributed by atoms with van der Waals surface area (Å²) in [7, 11) is 0. The highest BCUT2D eigenvalue weighted by atomic mass is 16.6. The Kier molecular flexibility index (Phi) is 29.1. The summed E-state index contributed by atoms with van der Waals surface area (Å²) in [6.07, 6.45) is 0. The normalized spacial score (nSPS) is 12.4. The lowest BCUT2D eigenvalue weighted by Crippen LogP contribution is -2.33. The third kappa shape index (κ3) is 23.2. The number of carbonyl (C=O) groups is 3. The molecule has 0 spiro atoms. The molecule has 0 aliphatic carbocycles. The number of hydrogen-bond donors (Lipinski definition) is 0. The monoisotopic (exact) mass is 823 g/mol. The van der Waals surface area contributed by atoms with Crippen LogP contribution in [0.25, 0.3) is 0 Å². The molecule has 0 N–H and O–H groups in total. The molecule has 0 fully saturated rings. The number of fused-ring (bicyclic) bond motifs is 1. The molecule has 2 aromatic rings. The Hall–Kier alpha value is -3.43. The van der Waals surface area contributed by atoms with Crippen LogP contribution in [0.1, 0.15) is 31.1 Å². The largest absolute Gasteiger partial charge is 0.460 e. The van der Waals surface area contributed by atoms with Crippen LogP contribution in [0.15, 0.2) is 54.6 Å². The predicted octanol–water partition coefficient (Wildman–Crippen LogP) is 2.34. The first kappa shape index (κ1) is 48.9.